The average molecular weight is 237 g/mol. The Kier molecular flexibility index (Phi) is 3.84. The number of hydrogen-bond donors (Lipinski definition) is 2. The van der Waals surface area contributed by atoms with Gasteiger partial charge in [-0.3, -0.25) is 0 Å². The second-order valence-electron chi connectivity index (χ2n) is 5.46. The fourth-order valence-corrected chi connectivity index (χ4v) is 2.56. The fourth-order valence-electron chi connectivity index (χ4n) is 2.56. The molecule has 1 heterocycles. The normalized spacial score (nSPS) is 27.4. The summed E-state index contributed by atoms with van der Waals surface area (Å²) >= 11 is 0. The number of rotatable bonds is 3. The van der Waals surface area contributed by atoms with Crippen LogP contribution >= 0.6 is 0 Å². The maximum absolute atomic E-state index is 9.54. The number of aliphatic hydroxyl groups is 1. The number of nitrogens with zero attached hydrogens (tertiary/aromatic N) is 2. The van der Waals surface area contributed by atoms with Crippen molar-refractivity contribution >= 4 is 0 Å². The number of aliphatic hydroxyl groups excluding tert-OH is 1. The molecule has 0 radical (unpaired) electrons. The fraction of sp³-hybridized carbons (Fsp3) is 0.769. The van der Waals surface area contributed by atoms with Gasteiger partial charge in [0.25, 0.3) is 0 Å². The highest BCUT2D eigenvalue weighted by Gasteiger charge is 2.24. The molecule has 0 spiro atoms. The molecule has 0 bridgehead atoms. The Morgan fingerprint density at radius 1 is 1.35 bits per heavy atom. The highest BCUT2D eigenvalue weighted by Crippen LogP contribution is 2.31. The Hall–Kier alpha value is -0.870. The molecule has 4 nitrogen and oxygen atoms in total. The highest BCUT2D eigenvalue weighted by atomic mass is 16.3. The topological polar surface area (TPSA) is 64.1 Å². The molecule has 1 unspecified atom stereocenters. The zero-order valence-electron chi connectivity index (χ0n) is 10.7. The van der Waals surface area contributed by atoms with Gasteiger partial charge in [0, 0.05) is 18.3 Å². The molecule has 1 aliphatic carbocycles. The van der Waals surface area contributed by atoms with Crippen LogP contribution in [0.1, 0.15) is 57.3 Å². The zero-order valence-corrected chi connectivity index (χ0v) is 10.7. The minimum absolute atomic E-state index is 0.0457. The first-order chi connectivity index (χ1) is 8.09. The third kappa shape index (κ3) is 2.69. The monoisotopic (exact) mass is 237 g/mol. The van der Waals surface area contributed by atoms with Gasteiger partial charge in [0.2, 0.25) is 0 Å². The van der Waals surface area contributed by atoms with E-state index in [1.807, 2.05) is 12.5 Å². The molecule has 0 aromatic carbocycles. The Bertz CT molecular complexity index is 353. The summed E-state index contributed by atoms with van der Waals surface area (Å²) in [6.45, 7) is 4.26. The summed E-state index contributed by atoms with van der Waals surface area (Å²) in [4.78, 5) is 4.24. The molecular formula is C13H23N3O. The molecule has 2 rings (SSSR count). The lowest BCUT2D eigenvalue weighted by Crippen LogP contribution is -2.26. The van der Waals surface area contributed by atoms with Crippen LogP contribution in [0.5, 0.6) is 0 Å². The summed E-state index contributed by atoms with van der Waals surface area (Å²) in [5, 5.41) is 9.54. The van der Waals surface area contributed by atoms with Gasteiger partial charge < -0.3 is 15.4 Å². The van der Waals surface area contributed by atoms with Gasteiger partial charge in [-0.1, -0.05) is 13.8 Å². The first-order valence-corrected chi connectivity index (χ1v) is 6.55. The lowest BCUT2D eigenvalue weighted by molar-refractivity contribution is 0.109. The van der Waals surface area contributed by atoms with Crippen molar-refractivity contribution in [2.24, 2.45) is 11.7 Å². The van der Waals surface area contributed by atoms with Crippen LogP contribution < -0.4 is 5.73 Å². The van der Waals surface area contributed by atoms with Crippen molar-refractivity contribution in [2.75, 3.05) is 0 Å². The minimum atomic E-state index is -0.114. The molecule has 1 aromatic heterocycles. The molecule has 1 atom stereocenters. The summed E-state index contributed by atoms with van der Waals surface area (Å²) < 4.78 is 2.22. The number of nitrogens with two attached hydrogens (primary N) is 1. The van der Waals surface area contributed by atoms with Gasteiger partial charge in [0.1, 0.15) is 0 Å². The molecule has 1 fully saturated rings. The van der Waals surface area contributed by atoms with Gasteiger partial charge in [-0.05, 0) is 31.6 Å². The SMILES string of the molecule is CC(C)C(N)c1cncn1C1CCC(O)CC1. The third-order valence-corrected chi connectivity index (χ3v) is 3.82. The van der Waals surface area contributed by atoms with E-state index in [0.717, 1.165) is 31.4 Å². The molecular weight excluding hydrogens is 214 g/mol. The van der Waals surface area contributed by atoms with Crippen LogP contribution in [0.15, 0.2) is 12.5 Å². The van der Waals surface area contributed by atoms with E-state index in [1.54, 1.807) is 0 Å². The molecule has 1 saturated carbocycles. The summed E-state index contributed by atoms with van der Waals surface area (Å²) in [6.07, 6.45) is 7.48. The van der Waals surface area contributed by atoms with E-state index in [0.29, 0.717) is 12.0 Å². The maximum atomic E-state index is 9.54. The Labute approximate surface area is 103 Å². The van der Waals surface area contributed by atoms with Crippen molar-refractivity contribution in [2.45, 2.75) is 57.7 Å². The molecule has 1 aromatic rings. The minimum Gasteiger partial charge on any atom is -0.393 e. The van der Waals surface area contributed by atoms with Crippen molar-refractivity contribution in [3.05, 3.63) is 18.2 Å². The van der Waals surface area contributed by atoms with E-state index in [2.05, 4.69) is 23.4 Å². The lowest BCUT2D eigenvalue weighted by atomic mass is 9.92. The van der Waals surface area contributed by atoms with Crippen LogP contribution in [-0.4, -0.2) is 20.8 Å². The van der Waals surface area contributed by atoms with Gasteiger partial charge in [-0.15, -0.1) is 0 Å². The van der Waals surface area contributed by atoms with Crippen LogP contribution in [-0.2, 0) is 0 Å². The van der Waals surface area contributed by atoms with E-state index in [9.17, 15) is 5.11 Å². The van der Waals surface area contributed by atoms with Crippen LogP contribution in [0.3, 0.4) is 0 Å². The molecule has 3 N–H and O–H groups in total. The Balaban J connectivity index is 2.13. The van der Waals surface area contributed by atoms with Gasteiger partial charge >= 0.3 is 0 Å². The van der Waals surface area contributed by atoms with Crippen LogP contribution in [0.25, 0.3) is 0 Å². The van der Waals surface area contributed by atoms with E-state index in [1.165, 1.54) is 0 Å². The van der Waals surface area contributed by atoms with Crippen LogP contribution in [0.4, 0.5) is 0 Å². The number of aromatic nitrogens is 2. The van der Waals surface area contributed by atoms with Gasteiger partial charge in [0.05, 0.1) is 18.1 Å². The summed E-state index contributed by atoms with van der Waals surface area (Å²) in [7, 11) is 0. The van der Waals surface area contributed by atoms with Gasteiger partial charge in [0.15, 0.2) is 0 Å². The molecule has 0 aliphatic heterocycles. The van der Waals surface area contributed by atoms with E-state index in [4.69, 9.17) is 5.73 Å². The lowest BCUT2D eigenvalue weighted by Gasteiger charge is -2.29. The summed E-state index contributed by atoms with van der Waals surface area (Å²) in [6, 6.07) is 0.505. The second-order valence-corrected chi connectivity index (χ2v) is 5.46. The van der Waals surface area contributed by atoms with Crippen molar-refractivity contribution in [3.63, 3.8) is 0 Å². The molecule has 96 valence electrons. The van der Waals surface area contributed by atoms with Crippen molar-refractivity contribution in [1.29, 1.82) is 0 Å². The van der Waals surface area contributed by atoms with Gasteiger partial charge in [-0.2, -0.15) is 0 Å². The highest BCUT2D eigenvalue weighted by molar-refractivity contribution is 5.07. The van der Waals surface area contributed by atoms with Crippen LogP contribution in [0.2, 0.25) is 0 Å². The van der Waals surface area contributed by atoms with Crippen molar-refractivity contribution < 1.29 is 5.11 Å². The van der Waals surface area contributed by atoms with E-state index >= 15 is 0 Å². The zero-order chi connectivity index (χ0) is 12.4. The molecule has 0 amide bonds. The van der Waals surface area contributed by atoms with E-state index in [-0.39, 0.29) is 12.1 Å². The summed E-state index contributed by atoms with van der Waals surface area (Å²) in [5.74, 6) is 0.416. The quantitative estimate of drug-likeness (QED) is 0.845. The standard InChI is InChI=1S/C13H23N3O/c1-9(2)13(14)12-7-15-8-16(12)10-3-5-11(17)6-4-10/h7-11,13,17H,3-6,14H2,1-2H3. The van der Waals surface area contributed by atoms with Crippen molar-refractivity contribution in [1.82, 2.24) is 9.55 Å². The van der Waals surface area contributed by atoms with E-state index < -0.39 is 0 Å². The Morgan fingerprint density at radius 3 is 2.59 bits per heavy atom. The first-order valence-electron chi connectivity index (χ1n) is 6.55. The third-order valence-electron chi connectivity index (χ3n) is 3.82. The van der Waals surface area contributed by atoms with Gasteiger partial charge in [-0.25, -0.2) is 4.98 Å². The van der Waals surface area contributed by atoms with Crippen molar-refractivity contribution in [3.8, 4) is 0 Å². The largest absolute Gasteiger partial charge is 0.393 e. The molecule has 0 saturated heterocycles. The summed E-state index contributed by atoms with van der Waals surface area (Å²) in [5.41, 5.74) is 7.33. The average Bonchev–Trinajstić information content (AvgIpc) is 2.77. The smallest absolute Gasteiger partial charge is 0.0951 e. The molecule has 4 heteroatoms. The first kappa shape index (κ1) is 12.6. The number of hydrogen-bond acceptors (Lipinski definition) is 3. The number of imidazole rings is 1. The molecule has 1 aliphatic rings. The molecule has 17 heavy (non-hydrogen) atoms. The second kappa shape index (κ2) is 5.19. The Morgan fingerprint density at radius 2 is 2.00 bits per heavy atom. The maximum Gasteiger partial charge on any atom is 0.0951 e. The predicted octanol–water partition coefficient (Wildman–Crippen LogP) is 2.01. The predicted molar refractivity (Wildman–Crippen MR) is 67.5 cm³/mol. The van der Waals surface area contributed by atoms with Crippen LogP contribution in [0, 0.1) is 5.92 Å².